The van der Waals surface area contributed by atoms with Gasteiger partial charge in [0.1, 0.15) is 6.04 Å². The van der Waals surface area contributed by atoms with E-state index in [1.807, 2.05) is 52.3 Å². The zero-order valence-electron chi connectivity index (χ0n) is 16.1. The number of carboxylic acid groups (broad SMARTS) is 1. The minimum Gasteiger partial charge on any atom is -0.480 e. The summed E-state index contributed by atoms with van der Waals surface area (Å²) in [5, 5.41) is 14.2. The molecule has 148 valence electrons. The van der Waals surface area contributed by atoms with Crippen molar-refractivity contribution in [1.82, 2.24) is 19.6 Å². The molecular weight excluding hydrogens is 356 g/mol. The van der Waals surface area contributed by atoms with Crippen molar-refractivity contribution in [3.05, 3.63) is 48.3 Å². The maximum Gasteiger partial charge on any atom is 0.320 e. The molecule has 3 heterocycles. The number of carbonyl (C=O) groups excluding carboxylic acids is 1. The molecule has 7 heteroatoms. The Bertz CT molecular complexity index is 856. The van der Waals surface area contributed by atoms with Crippen LogP contribution in [0.2, 0.25) is 0 Å². The van der Waals surface area contributed by atoms with Gasteiger partial charge in [-0.1, -0.05) is 18.2 Å². The highest BCUT2D eigenvalue weighted by Gasteiger charge is 2.48. The van der Waals surface area contributed by atoms with Crippen LogP contribution in [0.1, 0.15) is 31.7 Å². The minimum atomic E-state index is -0.763. The van der Waals surface area contributed by atoms with E-state index in [0.29, 0.717) is 13.0 Å². The van der Waals surface area contributed by atoms with Crippen molar-refractivity contribution in [3.63, 3.8) is 0 Å². The molecule has 2 fully saturated rings. The first-order valence-electron chi connectivity index (χ1n) is 9.77. The van der Waals surface area contributed by atoms with Crippen molar-refractivity contribution in [2.45, 2.75) is 38.8 Å². The van der Waals surface area contributed by atoms with Crippen LogP contribution in [0.5, 0.6) is 0 Å². The van der Waals surface area contributed by atoms with Gasteiger partial charge >= 0.3 is 5.97 Å². The zero-order chi connectivity index (χ0) is 19.7. The van der Waals surface area contributed by atoms with Crippen molar-refractivity contribution in [2.24, 2.45) is 5.41 Å². The minimum absolute atomic E-state index is 0.00949. The van der Waals surface area contributed by atoms with E-state index in [4.69, 9.17) is 0 Å². The number of carboxylic acids is 1. The van der Waals surface area contributed by atoms with E-state index in [1.165, 1.54) is 0 Å². The van der Waals surface area contributed by atoms with Crippen LogP contribution in [-0.4, -0.2) is 62.2 Å². The zero-order valence-corrected chi connectivity index (χ0v) is 16.1. The van der Waals surface area contributed by atoms with Crippen molar-refractivity contribution >= 4 is 11.9 Å². The van der Waals surface area contributed by atoms with Gasteiger partial charge < -0.3 is 10.0 Å². The number of amides is 1. The Morgan fingerprint density at radius 1 is 1.21 bits per heavy atom. The molecule has 1 aromatic carbocycles. The molecule has 1 N–H and O–H groups in total. The molecule has 7 nitrogen and oxygen atoms in total. The van der Waals surface area contributed by atoms with E-state index >= 15 is 0 Å². The fourth-order valence-electron chi connectivity index (χ4n) is 4.61. The van der Waals surface area contributed by atoms with E-state index < -0.39 is 12.0 Å². The molecule has 0 saturated carbocycles. The Hall–Kier alpha value is -2.67. The SMILES string of the molecule is CC(=O)N1CCC2(CC1)C[C@H](C(=O)O)N(Cc1cnn(-c3ccccc3)c1)C2. The van der Waals surface area contributed by atoms with E-state index in [-0.39, 0.29) is 11.3 Å². The average Bonchev–Trinajstić information content (AvgIpc) is 3.28. The number of hydrogen-bond acceptors (Lipinski definition) is 4. The van der Waals surface area contributed by atoms with Gasteiger partial charge in [-0.3, -0.25) is 14.5 Å². The number of rotatable bonds is 4. The maximum atomic E-state index is 11.9. The van der Waals surface area contributed by atoms with Crippen molar-refractivity contribution in [1.29, 1.82) is 0 Å². The van der Waals surface area contributed by atoms with Gasteiger partial charge in [0.05, 0.1) is 11.9 Å². The summed E-state index contributed by atoms with van der Waals surface area (Å²) in [7, 11) is 0. The number of likely N-dealkylation sites (tertiary alicyclic amines) is 2. The topological polar surface area (TPSA) is 78.7 Å². The molecule has 1 aromatic heterocycles. The van der Waals surface area contributed by atoms with Gasteiger partial charge in [-0.15, -0.1) is 0 Å². The fraction of sp³-hybridized carbons (Fsp3) is 0.476. The van der Waals surface area contributed by atoms with Crippen molar-refractivity contribution in [2.75, 3.05) is 19.6 Å². The smallest absolute Gasteiger partial charge is 0.320 e. The van der Waals surface area contributed by atoms with Crippen LogP contribution in [0.4, 0.5) is 0 Å². The standard InChI is InChI=1S/C21H26N4O3/c1-16(26)23-9-7-21(8-10-23)11-19(20(27)28)24(15-21)13-17-12-22-25(14-17)18-5-3-2-4-6-18/h2-6,12,14,19H,7-11,13,15H2,1H3,(H,27,28)/t19-/m1/s1. The van der Waals surface area contributed by atoms with Gasteiger partial charge in [0.25, 0.3) is 0 Å². The third-order valence-corrected chi connectivity index (χ3v) is 6.20. The summed E-state index contributed by atoms with van der Waals surface area (Å²) < 4.78 is 1.82. The number of carbonyl (C=O) groups is 2. The number of benzene rings is 1. The Balaban J connectivity index is 1.47. The third kappa shape index (κ3) is 3.67. The molecule has 0 unspecified atom stereocenters. The Kier molecular flexibility index (Phi) is 4.93. The second-order valence-electron chi connectivity index (χ2n) is 8.10. The molecule has 1 spiro atoms. The van der Waals surface area contributed by atoms with Crippen LogP contribution in [0.25, 0.3) is 5.69 Å². The molecule has 28 heavy (non-hydrogen) atoms. The Morgan fingerprint density at radius 2 is 1.93 bits per heavy atom. The number of piperidine rings is 1. The highest BCUT2D eigenvalue weighted by Crippen LogP contribution is 2.44. The normalized spacial score (nSPS) is 21.9. The quantitative estimate of drug-likeness (QED) is 0.877. The van der Waals surface area contributed by atoms with Crippen LogP contribution < -0.4 is 0 Å². The first kappa shape index (κ1) is 18.7. The molecule has 2 aromatic rings. The molecule has 2 saturated heterocycles. The van der Waals surface area contributed by atoms with Crippen LogP contribution in [0.3, 0.4) is 0 Å². The number of aromatic nitrogens is 2. The molecule has 1 amide bonds. The average molecular weight is 382 g/mol. The molecule has 0 aliphatic carbocycles. The van der Waals surface area contributed by atoms with Crippen LogP contribution in [0.15, 0.2) is 42.7 Å². The second kappa shape index (κ2) is 7.39. The fourth-order valence-corrected chi connectivity index (χ4v) is 4.61. The first-order valence-corrected chi connectivity index (χ1v) is 9.77. The van der Waals surface area contributed by atoms with Crippen LogP contribution in [0, 0.1) is 5.41 Å². The van der Waals surface area contributed by atoms with E-state index in [1.54, 1.807) is 6.92 Å². The highest BCUT2D eigenvalue weighted by atomic mass is 16.4. The Labute approximate surface area is 164 Å². The van der Waals surface area contributed by atoms with E-state index in [0.717, 1.165) is 43.7 Å². The molecule has 0 bridgehead atoms. The predicted octanol–water partition coefficient (Wildman–Crippen LogP) is 2.16. The summed E-state index contributed by atoms with van der Waals surface area (Å²) in [6, 6.07) is 9.40. The largest absolute Gasteiger partial charge is 0.480 e. The Morgan fingerprint density at radius 3 is 2.57 bits per heavy atom. The summed E-state index contributed by atoms with van der Waals surface area (Å²) in [6.07, 6.45) is 6.18. The van der Waals surface area contributed by atoms with E-state index in [9.17, 15) is 14.7 Å². The molecular formula is C21H26N4O3. The van der Waals surface area contributed by atoms with Crippen LogP contribution in [-0.2, 0) is 16.1 Å². The lowest BCUT2D eigenvalue weighted by Crippen LogP contribution is -2.43. The second-order valence-corrected chi connectivity index (χ2v) is 8.10. The lowest BCUT2D eigenvalue weighted by Gasteiger charge is -2.39. The summed E-state index contributed by atoms with van der Waals surface area (Å²) >= 11 is 0. The lowest BCUT2D eigenvalue weighted by atomic mass is 9.76. The monoisotopic (exact) mass is 382 g/mol. The summed E-state index contributed by atoms with van der Waals surface area (Å²) in [6.45, 7) is 4.38. The van der Waals surface area contributed by atoms with Gasteiger partial charge in [-0.2, -0.15) is 5.10 Å². The number of aliphatic carboxylic acids is 1. The molecule has 0 radical (unpaired) electrons. The lowest BCUT2D eigenvalue weighted by molar-refractivity contribution is -0.142. The van der Waals surface area contributed by atoms with Crippen molar-refractivity contribution < 1.29 is 14.7 Å². The predicted molar refractivity (Wildman–Crippen MR) is 104 cm³/mol. The maximum absolute atomic E-state index is 11.9. The third-order valence-electron chi connectivity index (χ3n) is 6.20. The molecule has 2 aliphatic rings. The van der Waals surface area contributed by atoms with Gasteiger partial charge in [0.2, 0.25) is 5.91 Å². The van der Waals surface area contributed by atoms with Gasteiger partial charge in [-0.25, -0.2) is 4.68 Å². The van der Waals surface area contributed by atoms with Gasteiger partial charge in [0, 0.05) is 44.9 Å². The molecule has 4 rings (SSSR count). The van der Waals surface area contributed by atoms with Gasteiger partial charge in [-0.05, 0) is 36.8 Å². The summed E-state index contributed by atoms with van der Waals surface area (Å²) in [5.74, 6) is -0.658. The van der Waals surface area contributed by atoms with Gasteiger partial charge in [0.15, 0.2) is 0 Å². The summed E-state index contributed by atoms with van der Waals surface area (Å²) in [4.78, 5) is 27.4. The number of para-hydroxylation sites is 1. The number of hydrogen-bond donors (Lipinski definition) is 1. The first-order chi connectivity index (χ1) is 13.5. The van der Waals surface area contributed by atoms with E-state index in [2.05, 4.69) is 10.00 Å². The number of nitrogens with zero attached hydrogens (tertiary/aromatic N) is 4. The molecule has 2 aliphatic heterocycles. The highest BCUT2D eigenvalue weighted by molar-refractivity contribution is 5.74. The summed E-state index contributed by atoms with van der Waals surface area (Å²) in [5.41, 5.74) is 1.98. The van der Waals surface area contributed by atoms with Crippen LogP contribution >= 0.6 is 0 Å². The molecule has 1 atom stereocenters. The van der Waals surface area contributed by atoms with Crippen molar-refractivity contribution in [3.8, 4) is 5.69 Å².